The normalized spacial score (nSPS) is 22.9. The summed E-state index contributed by atoms with van der Waals surface area (Å²) in [5.41, 5.74) is -0.434. The van der Waals surface area contributed by atoms with Crippen molar-refractivity contribution in [2.75, 3.05) is 19.6 Å². The molecule has 1 heterocycles. The van der Waals surface area contributed by atoms with Crippen molar-refractivity contribution in [3.63, 3.8) is 0 Å². The molecule has 1 unspecified atom stereocenters. The van der Waals surface area contributed by atoms with E-state index in [4.69, 9.17) is 4.74 Å². The van der Waals surface area contributed by atoms with Crippen molar-refractivity contribution in [1.82, 2.24) is 15.5 Å². The van der Waals surface area contributed by atoms with E-state index in [1.807, 2.05) is 20.8 Å². The molecule has 122 valence electrons. The van der Waals surface area contributed by atoms with Crippen LogP contribution in [0.15, 0.2) is 0 Å². The summed E-state index contributed by atoms with van der Waals surface area (Å²) in [7, 11) is 0. The van der Waals surface area contributed by atoms with Gasteiger partial charge in [-0.1, -0.05) is 0 Å². The van der Waals surface area contributed by atoms with Crippen LogP contribution in [0, 0.1) is 0 Å². The van der Waals surface area contributed by atoms with Gasteiger partial charge in [0.15, 0.2) is 0 Å². The average molecular weight is 297 g/mol. The first-order valence-corrected chi connectivity index (χ1v) is 8.30. The summed E-state index contributed by atoms with van der Waals surface area (Å²) >= 11 is 0. The van der Waals surface area contributed by atoms with Crippen molar-refractivity contribution in [2.45, 2.75) is 77.1 Å². The Morgan fingerprint density at radius 3 is 2.38 bits per heavy atom. The second-order valence-corrected chi connectivity index (χ2v) is 7.49. The van der Waals surface area contributed by atoms with E-state index >= 15 is 0 Å². The maximum Gasteiger partial charge on any atom is 0.407 e. The Bertz CT molecular complexity index is 342. The molecule has 21 heavy (non-hydrogen) atoms. The third-order valence-corrected chi connectivity index (χ3v) is 4.06. The first-order chi connectivity index (χ1) is 9.83. The lowest BCUT2D eigenvalue weighted by Crippen LogP contribution is -2.49. The van der Waals surface area contributed by atoms with Crippen LogP contribution in [0.1, 0.15) is 53.4 Å². The van der Waals surface area contributed by atoms with E-state index in [2.05, 4.69) is 22.5 Å². The SMILES string of the molecule is CC(CNC(=O)OC(C)(C)C)NC1CCN(C2CC2)CC1. The van der Waals surface area contributed by atoms with Crippen molar-refractivity contribution in [2.24, 2.45) is 0 Å². The smallest absolute Gasteiger partial charge is 0.407 e. The van der Waals surface area contributed by atoms with Crippen LogP contribution in [0.4, 0.5) is 4.79 Å². The summed E-state index contributed by atoms with van der Waals surface area (Å²) in [5.74, 6) is 0. The van der Waals surface area contributed by atoms with Crippen LogP contribution in [0.3, 0.4) is 0 Å². The van der Waals surface area contributed by atoms with Gasteiger partial charge in [-0.25, -0.2) is 4.79 Å². The third kappa shape index (κ3) is 6.22. The summed E-state index contributed by atoms with van der Waals surface area (Å²) in [6.45, 7) is 10.8. The number of ether oxygens (including phenoxy) is 1. The van der Waals surface area contributed by atoms with Gasteiger partial charge in [-0.2, -0.15) is 0 Å². The zero-order chi connectivity index (χ0) is 15.5. The van der Waals surface area contributed by atoms with Crippen LogP contribution in [-0.4, -0.2) is 54.4 Å². The molecule has 2 aliphatic rings. The summed E-state index contributed by atoms with van der Waals surface area (Å²) in [6.07, 6.45) is 4.89. The van der Waals surface area contributed by atoms with Gasteiger partial charge in [0.2, 0.25) is 0 Å². The molecule has 2 rings (SSSR count). The standard InChI is InChI=1S/C16H31N3O2/c1-12(11-17-15(20)21-16(2,3)4)18-13-7-9-19(10-8-13)14-5-6-14/h12-14,18H,5-11H2,1-4H3,(H,17,20). The number of hydrogen-bond acceptors (Lipinski definition) is 4. The van der Waals surface area contributed by atoms with Crippen LogP contribution in [0.5, 0.6) is 0 Å². The minimum Gasteiger partial charge on any atom is -0.444 e. The molecule has 0 aromatic heterocycles. The Morgan fingerprint density at radius 1 is 1.24 bits per heavy atom. The van der Waals surface area contributed by atoms with Crippen LogP contribution >= 0.6 is 0 Å². The molecule has 0 spiro atoms. The highest BCUT2D eigenvalue weighted by molar-refractivity contribution is 5.67. The molecule has 1 amide bonds. The number of likely N-dealkylation sites (tertiary alicyclic amines) is 1. The summed E-state index contributed by atoms with van der Waals surface area (Å²) in [4.78, 5) is 14.2. The van der Waals surface area contributed by atoms with Gasteiger partial charge >= 0.3 is 6.09 Å². The molecule has 1 aliphatic heterocycles. The van der Waals surface area contributed by atoms with Crippen LogP contribution in [-0.2, 0) is 4.74 Å². The van der Waals surface area contributed by atoms with E-state index in [-0.39, 0.29) is 12.1 Å². The van der Waals surface area contributed by atoms with Crippen LogP contribution in [0.2, 0.25) is 0 Å². The van der Waals surface area contributed by atoms with E-state index in [1.165, 1.54) is 38.8 Å². The highest BCUT2D eigenvalue weighted by atomic mass is 16.6. The maximum absolute atomic E-state index is 11.6. The number of nitrogens with one attached hydrogen (secondary N) is 2. The van der Waals surface area contributed by atoms with Crippen molar-refractivity contribution in [3.05, 3.63) is 0 Å². The van der Waals surface area contributed by atoms with E-state index in [0.29, 0.717) is 12.6 Å². The fraction of sp³-hybridized carbons (Fsp3) is 0.938. The van der Waals surface area contributed by atoms with Gasteiger partial charge < -0.3 is 20.3 Å². The number of alkyl carbamates (subject to hydrolysis) is 1. The molecular formula is C16H31N3O2. The van der Waals surface area contributed by atoms with Crippen molar-refractivity contribution < 1.29 is 9.53 Å². The summed E-state index contributed by atoms with van der Waals surface area (Å²) in [5, 5.41) is 6.45. The largest absolute Gasteiger partial charge is 0.444 e. The molecule has 0 aromatic rings. The van der Waals surface area contributed by atoms with Gasteiger partial charge in [0.05, 0.1) is 0 Å². The molecular weight excluding hydrogens is 266 g/mol. The highest BCUT2D eigenvalue weighted by Gasteiger charge is 2.31. The van der Waals surface area contributed by atoms with Gasteiger partial charge in [0.25, 0.3) is 0 Å². The number of carbonyl (C=O) groups is 1. The zero-order valence-corrected chi connectivity index (χ0v) is 13.9. The highest BCUT2D eigenvalue weighted by Crippen LogP contribution is 2.29. The fourth-order valence-electron chi connectivity index (χ4n) is 2.88. The molecule has 1 atom stereocenters. The van der Waals surface area contributed by atoms with Crippen LogP contribution < -0.4 is 10.6 Å². The molecule has 0 aromatic carbocycles. The molecule has 2 N–H and O–H groups in total. The topological polar surface area (TPSA) is 53.6 Å². The lowest BCUT2D eigenvalue weighted by Gasteiger charge is -2.34. The molecule has 2 fully saturated rings. The number of hydrogen-bond donors (Lipinski definition) is 2. The predicted octanol–water partition coefficient (Wildman–Crippen LogP) is 2.12. The van der Waals surface area contributed by atoms with Crippen molar-refractivity contribution >= 4 is 6.09 Å². The van der Waals surface area contributed by atoms with Gasteiger partial charge in [0.1, 0.15) is 5.60 Å². The van der Waals surface area contributed by atoms with Gasteiger partial charge in [0, 0.05) is 24.7 Å². The molecule has 0 bridgehead atoms. The molecule has 5 nitrogen and oxygen atoms in total. The third-order valence-electron chi connectivity index (χ3n) is 4.06. The summed E-state index contributed by atoms with van der Waals surface area (Å²) < 4.78 is 5.24. The Balaban J connectivity index is 1.59. The summed E-state index contributed by atoms with van der Waals surface area (Å²) in [6, 6.07) is 1.74. The molecule has 1 saturated heterocycles. The van der Waals surface area contributed by atoms with Gasteiger partial charge in [-0.15, -0.1) is 0 Å². The van der Waals surface area contributed by atoms with Gasteiger partial charge in [-0.05, 0) is 66.5 Å². The Labute approximate surface area is 128 Å². The van der Waals surface area contributed by atoms with Gasteiger partial charge in [-0.3, -0.25) is 0 Å². The minimum atomic E-state index is -0.434. The number of piperidine rings is 1. The molecule has 1 saturated carbocycles. The second-order valence-electron chi connectivity index (χ2n) is 7.49. The number of rotatable bonds is 5. The Morgan fingerprint density at radius 2 is 1.86 bits per heavy atom. The van der Waals surface area contributed by atoms with E-state index in [9.17, 15) is 4.79 Å². The zero-order valence-electron chi connectivity index (χ0n) is 13.9. The van der Waals surface area contributed by atoms with Crippen molar-refractivity contribution in [1.29, 1.82) is 0 Å². The fourth-order valence-corrected chi connectivity index (χ4v) is 2.88. The van der Waals surface area contributed by atoms with Crippen molar-refractivity contribution in [3.8, 4) is 0 Å². The molecule has 1 aliphatic carbocycles. The monoisotopic (exact) mass is 297 g/mol. The lowest BCUT2D eigenvalue weighted by molar-refractivity contribution is 0.0521. The number of carbonyl (C=O) groups excluding carboxylic acids is 1. The molecule has 0 radical (unpaired) electrons. The predicted molar refractivity (Wildman–Crippen MR) is 84.5 cm³/mol. The van der Waals surface area contributed by atoms with E-state index in [1.54, 1.807) is 0 Å². The first kappa shape index (κ1) is 16.6. The molecule has 5 heteroatoms. The van der Waals surface area contributed by atoms with E-state index < -0.39 is 5.60 Å². The first-order valence-electron chi connectivity index (χ1n) is 8.30. The second kappa shape index (κ2) is 6.97. The minimum absolute atomic E-state index is 0.273. The lowest BCUT2D eigenvalue weighted by atomic mass is 10.0. The number of amides is 1. The van der Waals surface area contributed by atoms with Crippen LogP contribution in [0.25, 0.3) is 0 Å². The maximum atomic E-state index is 11.6. The quantitative estimate of drug-likeness (QED) is 0.816. The average Bonchev–Trinajstić information content (AvgIpc) is 3.20. The Hall–Kier alpha value is -0.810. The van der Waals surface area contributed by atoms with E-state index in [0.717, 1.165) is 6.04 Å². The number of nitrogens with zero attached hydrogens (tertiary/aromatic N) is 1. The Kier molecular flexibility index (Phi) is 5.49.